The molecule has 1 aromatic carbocycles. The van der Waals surface area contributed by atoms with E-state index in [0.717, 1.165) is 22.6 Å². The Hall–Kier alpha value is -2.03. The predicted molar refractivity (Wildman–Crippen MR) is 64.2 cm³/mol. The third kappa shape index (κ3) is 2.51. The highest BCUT2D eigenvalue weighted by molar-refractivity contribution is 5.39. The summed E-state index contributed by atoms with van der Waals surface area (Å²) in [7, 11) is 0. The van der Waals surface area contributed by atoms with Crippen molar-refractivity contribution in [2.24, 2.45) is 0 Å². The van der Waals surface area contributed by atoms with Crippen molar-refractivity contribution in [3.8, 4) is 5.75 Å². The van der Waals surface area contributed by atoms with Crippen molar-refractivity contribution in [2.45, 2.75) is 13.5 Å². The van der Waals surface area contributed by atoms with Crippen molar-refractivity contribution in [3.63, 3.8) is 0 Å². The Kier molecular flexibility index (Phi) is 3.05. The summed E-state index contributed by atoms with van der Waals surface area (Å²) in [5.74, 6) is 0.867. The maximum Gasteiger partial charge on any atom is 0.125 e. The molecule has 2 rings (SSSR count). The molecule has 0 unspecified atom stereocenters. The Labute approximate surface area is 94.9 Å². The fraction of sp³-hybridized carbons (Fsp3) is 0.154. The average molecular weight is 214 g/mol. The molecule has 2 aromatic rings. The highest BCUT2D eigenvalue weighted by Crippen LogP contribution is 2.16. The van der Waals surface area contributed by atoms with Gasteiger partial charge in [0.05, 0.1) is 0 Å². The molecule has 3 heteroatoms. The van der Waals surface area contributed by atoms with Gasteiger partial charge in [0.1, 0.15) is 12.4 Å². The number of aromatic nitrogens is 1. The number of rotatable bonds is 3. The zero-order valence-corrected chi connectivity index (χ0v) is 9.18. The number of hydrogen-bond acceptors (Lipinski definition) is 3. The predicted octanol–water partition coefficient (Wildman–Crippen LogP) is 2.55. The number of nitrogens with two attached hydrogens (primary N) is 1. The molecule has 16 heavy (non-hydrogen) atoms. The number of pyridine rings is 1. The first-order chi connectivity index (χ1) is 7.75. The molecule has 0 fully saturated rings. The van der Waals surface area contributed by atoms with Gasteiger partial charge in [0, 0.05) is 23.6 Å². The first kappa shape index (κ1) is 10.5. The molecule has 0 saturated carbocycles. The van der Waals surface area contributed by atoms with Gasteiger partial charge in [0.2, 0.25) is 0 Å². The minimum Gasteiger partial charge on any atom is -0.489 e. The van der Waals surface area contributed by atoms with E-state index in [9.17, 15) is 0 Å². The summed E-state index contributed by atoms with van der Waals surface area (Å²) < 4.78 is 5.68. The van der Waals surface area contributed by atoms with Crippen LogP contribution in [-0.4, -0.2) is 4.98 Å². The summed E-state index contributed by atoms with van der Waals surface area (Å²) in [6.45, 7) is 2.52. The van der Waals surface area contributed by atoms with Crippen LogP contribution in [0, 0.1) is 6.92 Å². The van der Waals surface area contributed by atoms with Gasteiger partial charge in [0.25, 0.3) is 0 Å². The molecule has 3 nitrogen and oxygen atoms in total. The minimum absolute atomic E-state index is 0.547. The summed E-state index contributed by atoms with van der Waals surface area (Å²) >= 11 is 0. The number of hydrogen-bond donors (Lipinski definition) is 1. The monoisotopic (exact) mass is 214 g/mol. The molecular formula is C13H14N2O. The van der Waals surface area contributed by atoms with E-state index in [-0.39, 0.29) is 0 Å². The van der Waals surface area contributed by atoms with Crippen LogP contribution in [0.4, 0.5) is 5.69 Å². The Morgan fingerprint density at radius 1 is 1.19 bits per heavy atom. The lowest BCUT2D eigenvalue weighted by molar-refractivity contribution is 0.304. The molecule has 0 aliphatic rings. The van der Waals surface area contributed by atoms with Gasteiger partial charge in [-0.05, 0) is 30.7 Å². The van der Waals surface area contributed by atoms with Gasteiger partial charge < -0.3 is 10.5 Å². The van der Waals surface area contributed by atoms with Gasteiger partial charge >= 0.3 is 0 Å². The zero-order valence-electron chi connectivity index (χ0n) is 9.18. The van der Waals surface area contributed by atoms with Crippen LogP contribution in [0.15, 0.2) is 42.7 Å². The van der Waals surface area contributed by atoms with Crippen molar-refractivity contribution < 1.29 is 4.74 Å². The maximum atomic E-state index is 5.68. The third-order valence-corrected chi connectivity index (χ3v) is 2.34. The first-order valence-corrected chi connectivity index (χ1v) is 5.13. The Morgan fingerprint density at radius 3 is 2.62 bits per heavy atom. The van der Waals surface area contributed by atoms with Gasteiger partial charge in [-0.25, -0.2) is 0 Å². The Balaban J connectivity index is 2.02. The molecule has 0 radical (unpaired) electrons. The van der Waals surface area contributed by atoms with Gasteiger partial charge in [0.15, 0.2) is 0 Å². The first-order valence-electron chi connectivity index (χ1n) is 5.13. The maximum absolute atomic E-state index is 5.68. The molecule has 82 valence electrons. The van der Waals surface area contributed by atoms with E-state index in [1.165, 1.54) is 0 Å². The van der Waals surface area contributed by atoms with Crippen molar-refractivity contribution in [1.29, 1.82) is 0 Å². The van der Waals surface area contributed by atoms with Crippen molar-refractivity contribution in [3.05, 3.63) is 53.9 Å². The molecule has 0 bridgehead atoms. The molecule has 0 atom stereocenters. The standard InChI is InChI=1S/C13H14N2O/c1-10-8-15-7-6-13(10)16-9-11-2-4-12(14)5-3-11/h2-8H,9,14H2,1H3. The molecular weight excluding hydrogens is 200 g/mol. The quantitative estimate of drug-likeness (QED) is 0.799. The van der Waals surface area contributed by atoms with Crippen molar-refractivity contribution in [2.75, 3.05) is 5.73 Å². The van der Waals surface area contributed by atoms with Crippen LogP contribution in [-0.2, 0) is 6.61 Å². The fourth-order valence-corrected chi connectivity index (χ4v) is 1.40. The summed E-state index contributed by atoms with van der Waals surface area (Å²) in [6, 6.07) is 9.54. The Bertz CT molecular complexity index is 466. The zero-order chi connectivity index (χ0) is 11.4. The van der Waals surface area contributed by atoms with E-state index in [2.05, 4.69) is 4.98 Å². The summed E-state index contributed by atoms with van der Waals surface area (Å²) in [6.07, 6.45) is 3.52. The molecule has 2 N–H and O–H groups in total. The van der Waals surface area contributed by atoms with Crippen LogP contribution in [0.2, 0.25) is 0 Å². The lowest BCUT2D eigenvalue weighted by Gasteiger charge is -2.08. The number of nitrogens with zero attached hydrogens (tertiary/aromatic N) is 1. The highest BCUT2D eigenvalue weighted by atomic mass is 16.5. The molecule has 1 aromatic heterocycles. The highest BCUT2D eigenvalue weighted by Gasteiger charge is 1.99. The van der Waals surface area contributed by atoms with E-state index < -0.39 is 0 Å². The molecule has 0 saturated heterocycles. The van der Waals surface area contributed by atoms with Gasteiger partial charge in [-0.1, -0.05) is 12.1 Å². The number of ether oxygens (including phenoxy) is 1. The van der Waals surface area contributed by atoms with Crippen LogP contribution in [0.1, 0.15) is 11.1 Å². The molecule has 1 heterocycles. The molecule has 0 aliphatic heterocycles. The minimum atomic E-state index is 0.547. The van der Waals surface area contributed by atoms with Crippen LogP contribution < -0.4 is 10.5 Å². The number of aryl methyl sites for hydroxylation is 1. The second-order valence-corrected chi connectivity index (χ2v) is 3.67. The molecule has 0 amide bonds. The SMILES string of the molecule is Cc1cnccc1OCc1ccc(N)cc1. The molecule has 0 aliphatic carbocycles. The van der Waals surface area contributed by atoms with E-state index in [1.54, 1.807) is 12.4 Å². The number of anilines is 1. The largest absolute Gasteiger partial charge is 0.489 e. The number of benzene rings is 1. The van der Waals surface area contributed by atoms with E-state index in [0.29, 0.717) is 6.61 Å². The average Bonchev–Trinajstić information content (AvgIpc) is 2.30. The van der Waals surface area contributed by atoms with Crippen molar-refractivity contribution >= 4 is 5.69 Å². The smallest absolute Gasteiger partial charge is 0.125 e. The van der Waals surface area contributed by atoms with Crippen LogP contribution in [0.25, 0.3) is 0 Å². The lowest BCUT2D eigenvalue weighted by atomic mass is 10.2. The van der Waals surface area contributed by atoms with Crippen molar-refractivity contribution in [1.82, 2.24) is 4.98 Å². The third-order valence-electron chi connectivity index (χ3n) is 2.34. The lowest BCUT2D eigenvalue weighted by Crippen LogP contribution is -1.97. The van der Waals surface area contributed by atoms with Crippen LogP contribution in [0.5, 0.6) is 5.75 Å². The summed E-state index contributed by atoms with van der Waals surface area (Å²) in [4.78, 5) is 4.01. The summed E-state index contributed by atoms with van der Waals surface area (Å²) in [5.41, 5.74) is 8.52. The second kappa shape index (κ2) is 4.66. The van der Waals surface area contributed by atoms with Crippen LogP contribution >= 0.6 is 0 Å². The normalized spacial score (nSPS) is 10.1. The van der Waals surface area contributed by atoms with Crippen LogP contribution in [0.3, 0.4) is 0 Å². The molecule has 0 spiro atoms. The van der Waals surface area contributed by atoms with Gasteiger partial charge in [-0.15, -0.1) is 0 Å². The summed E-state index contributed by atoms with van der Waals surface area (Å²) in [5, 5.41) is 0. The van der Waals surface area contributed by atoms with E-state index in [4.69, 9.17) is 10.5 Å². The Morgan fingerprint density at radius 2 is 1.94 bits per heavy atom. The van der Waals surface area contributed by atoms with Gasteiger partial charge in [-0.3, -0.25) is 4.98 Å². The van der Waals surface area contributed by atoms with Gasteiger partial charge in [-0.2, -0.15) is 0 Å². The van der Waals surface area contributed by atoms with E-state index >= 15 is 0 Å². The fourth-order valence-electron chi connectivity index (χ4n) is 1.40. The number of nitrogen functional groups attached to an aromatic ring is 1. The van der Waals surface area contributed by atoms with E-state index in [1.807, 2.05) is 37.3 Å². The topological polar surface area (TPSA) is 48.1 Å². The second-order valence-electron chi connectivity index (χ2n) is 3.67.